The van der Waals surface area contributed by atoms with Gasteiger partial charge in [-0.05, 0) is 0 Å². The molecular weight excluding hydrogens is 631 g/mol. The summed E-state index contributed by atoms with van der Waals surface area (Å²) in [5.41, 5.74) is -32.3. The van der Waals surface area contributed by atoms with E-state index in [9.17, 15) is 83.8 Å². The number of alkyl halides is 21. The van der Waals surface area contributed by atoms with Crippen LogP contribution >= 0.6 is 0 Å². The normalized spacial score (nSPS) is 42.7. The maximum atomic E-state index is 15.2. The van der Waals surface area contributed by atoms with Crippen LogP contribution in [0.3, 0.4) is 0 Å². The molecule has 4 rings (SSSR count). The van der Waals surface area contributed by atoms with Crippen molar-refractivity contribution in [2.75, 3.05) is 0 Å². The molecule has 1 N–H and O–H groups in total. The zero-order valence-corrected chi connectivity index (χ0v) is 16.6. The first kappa shape index (κ1) is 31.6. The number of aliphatic hydroxyl groups is 1. The molecule has 0 aromatic rings. The second kappa shape index (κ2) is 6.75. The van der Waals surface area contributed by atoms with Crippen LogP contribution in [0.4, 0.5) is 92.2 Å². The van der Waals surface area contributed by atoms with Crippen LogP contribution in [0.2, 0.25) is 0 Å². The molecule has 5 unspecified atom stereocenters. The smallest absolute Gasteiger partial charge is 0.329 e. The molecular formula is C14HF21O4. The van der Waals surface area contributed by atoms with Crippen LogP contribution in [0.15, 0.2) is 0 Å². The number of hydrogen-bond acceptors (Lipinski definition) is 4. The van der Waals surface area contributed by atoms with Crippen molar-refractivity contribution in [2.45, 2.75) is 76.7 Å². The Balaban J connectivity index is 2.40. The number of rotatable bonds is 6. The molecule has 4 saturated carbocycles. The lowest BCUT2D eigenvalue weighted by atomic mass is 9.41. The predicted octanol–water partition coefficient (Wildman–Crippen LogP) is 5.03. The fraction of sp³-hybridized carbons (Fsp3) is 0.929. The van der Waals surface area contributed by atoms with Crippen LogP contribution in [0.5, 0.6) is 0 Å². The van der Waals surface area contributed by atoms with Crippen LogP contribution in [-0.2, 0) is 14.3 Å². The van der Waals surface area contributed by atoms with Gasteiger partial charge >= 0.3 is 76.7 Å². The van der Waals surface area contributed by atoms with E-state index in [0.717, 1.165) is 0 Å². The zero-order valence-electron chi connectivity index (χ0n) is 16.6. The minimum atomic E-state index is -8.48. The Morgan fingerprint density at radius 3 is 1.26 bits per heavy atom. The van der Waals surface area contributed by atoms with E-state index < -0.39 is 82.4 Å². The Hall–Kier alpha value is -1.92. The van der Waals surface area contributed by atoms with Crippen molar-refractivity contribution in [3.8, 4) is 0 Å². The van der Waals surface area contributed by atoms with E-state index >= 15 is 13.2 Å². The Morgan fingerprint density at radius 2 is 0.872 bits per heavy atom. The molecule has 0 saturated heterocycles. The first-order valence-electron chi connectivity index (χ1n) is 8.71. The summed E-state index contributed by atoms with van der Waals surface area (Å²) in [5, 5.41) is 7.62. The molecule has 0 radical (unpaired) electrons. The summed E-state index contributed by atoms with van der Waals surface area (Å²) >= 11 is 0. The van der Waals surface area contributed by atoms with E-state index in [1.807, 2.05) is 0 Å². The van der Waals surface area contributed by atoms with Gasteiger partial charge in [0, 0.05) is 0 Å². The molecule has 4 fully saturated rings. The Kier molecular flexibility index (Phi) is 5.47. The maximum absolute atomic E-state index is 15.2. The average molecular weight is 632 g/mol. The lowest BCUT2D eigenvalue weighted by Gasteiger charge is -2.71. The fourth-order valence-electron chi connectivity index (χ4n) is 4.25. The first-order valence-corrected chi connectivity index (χ1v) is 8.71. The highest BCUT2D eigenvalue weighted by Gasteiger charge is 3.20. The molecule has 4 aliphatic rings. The average Bonchev–Trinajstić information content (AvgIpc) is 2.70. The van der Waals surface area contributed by atoms with Crippen molar-refractivity contribution in [2.24, 2.45) is 0 Å². The van der Waals surface area contributed by atoms with E-state index in [1.165, 1.54) is 4.74 Å². The minimum absolute atomic E-state index is 1.35. The van der Waals surface area contributed by atoms with Crippen LogP contribution in [0.1, 0.15) is 0 Å². The van der Waals surface area contributed by atoms with Crippen molar-refractivity contribution in [1.29, 1.82) is 0 Å². The van der Waals surface area contributed by atoms with Crippen molar-refractivity contribution in [3.05, 3.63) is 0 Å². The van der Waals surface area contributed by atoms with Crippen LogP contribution in [-0.4, -0.2) is 87.5 Å². The van der Waals surface area contributed by atoms with E-state index in [0.29, 0.717) is 0 Å². The topological polar surface area (TPSA) is 55.8 Å². The molecule has 4 aliphatic carbocycles. The number of Topliss-reactive ketones (excluding diaryl/α,β-unsaturated/α-hetero) is 1. The van der Waals surface area contributed by atoms with Crippen LogP contribution < -0.4 is 0 Å². The highest BCUT2D eigenvalue weighted by atomic mass is 19.4. The third kappa shape index (κ3) is 2.48. The van der Waals surface area contributed by atoms with Gasteiger partial charge in [0.1, 0.15) is 0 Å². The highest BCUT2D eigenvalue weighted by molar-refractivity contribution is 6.04. The molecule has 0 aliphatic heterocycles. The van der Waals surface area contributed by atoms with Gasteiger partial charge in [0.15, 0.2) is 0 Å². The van der Waals surface area contributed by atoms with Gasteiger partial charge in [-0.25, -0.2) is 26.7 Å². The summed E-state index contributed by atoms with van der Waals surface area (Å²) in [6.45, 7) is 0. The van der Waals surface area contributed by atoms with E-state index in [4.69, 9.17) is 5.11 Å². The Labute approximate surface area is 195 Å². The highest BCUT2D eigenvalue weighted by Crippen LogP contribution is 2.85. The largest absolute Gasteiger partial charge is 0.453 e. The van der Waals surface area contributed by atoms with E-state index in [-0.39, 0.29) is 0 Å². The minimum Gasteiger partial charge on any atom is -0.329 e. The van der Waals surface area contributed by atoms with Gasteiger partial charge in [-0.3, -0.25) is 9.53 Å². The summed E-state index contributed by atoms with van der Waals surface area (Å²) in [4.78, 5) is 11.7. The second-order valence-electron chi connectivity index (χ2n) is 8.15. The fourth-order valence-corrected chi connectivity index (χ4v) is 4.25. The van der Waals surface area contributed by atoms with Gasteiger partial charge < -0.3 is 5.11 Å². The van der Waals surface area contributed by atoms with Crippen LogP contribution in [0, 0.1) is 0 Å². The third-order valence-electron chi connectivity index (χ3n) is 6.19. The van der Waals surface area contributed by atoms with E-state index in [1.54, 1.807) is 4.74 Å². The molecule has 4 bridgehead atoms. The van der Waals surface area contributed by atoms with Crippen molar-refractivity contribution in [3.63, 3.8) is 0 Å². The van der Waals surface area contributed by atoms with Crippen molar-refractivity contribution in [1.82, 2.24) is 0 Å². The molecule has 0 spiro atoms. The van der Waals surface area contributed by atoms with Gasteiger partial charge in [-0.15, -0.1) is 0 Å². The quantitative estimate of drug-likeness (QED) is 0.418. The summed E-state index contributed by atoms with van der Waals surface area (Å²) in [6, 6.07) is 0. The number of ether oxygens (including phenoxy) is 2. The summed E-state index contributed by atoms with van der Waals surface area (Å²) in [7, 11) is 0. The number of hydrogen-bond donors (Lipinski definition) is 1. The van der Waals surface area contributed by atoms with Gasteiger partial charge in [0.05, 0.1) is 0 Å². The van der Waals surface area contributed by atoms with Gasteiger partial charge in [-0.2, -0.15) is 70.2 Å². The van der Waals surface area contributed by atoms with Gasteiger partial charge in [-0.1, -0.05) is 0 Å². The monoisotopic (exact) mass is 632 g/mol. The van der Waals surface area contributed by atoms with Crippen LogP contribution in [0.25, 0.3) is 0 Å². The summed E-state index contributed by atoms with van der Waals surface area (Å²) in [6.07, 6.45) is -30.6. The maximum Gasteiger partial charge on any atom is 0.453 e. The molecule has 0 aromatic heterocycles. The molecule has 0 aromatic carbocycles. The summed E-state index contributed by atoms with van der Waals surface area (Å²) < 4.78 is 296. The molecule has 39 heavy (non-hydrogen) atoms. The SMILES string of the molecule is O=C1C2(F)C(F)(F)C3(F)C(F)(F)C1(F)C(F)(OC(F)(F)C(F)(F)OC(F)(F)C(O)(F)F)C(F)(C2(F)F)C3(F)F. The number of carbonyl (C=O) groups is 1. The number of ketones is 1. The Morgan fingerprint density at radius 1 is 0.513 bits per heavy atom. The molecule has 0 heterocycles. The third-order valence-corrected chi connectivity index (χ3v) is 6.19. The van der Waals surface area contributed by atoms with Crippen molar-refractivity contribution >= 4 is 5.78 Å². The first-order chi connectivity index (χ1) is 16.6. The molecule has 228 valence electrons. The second-order valence-corrected chi connectivity index (χ2v) is 8.15. The van der Waals surface area contributed by atoms with E-state index in [2.05, 4.69) is 0 Å². The molecule has 25 heteroatoms. The Bertz CT molecular complexity index is 1110. The lowest BCUT2D eigenvalue weighted by Crippen LogP contribution is -3.07. The van der Waals surface area contributed by atoms with Gasteiger partial charge in [0.25, 0.3) is 0 Å². The molecule has 4 nitrogen and oxygen atoms in total. The number of carbonyl (C=O) groups excluding carboxylic acids is 1. The summed E-state index contributed by atoms with van der Waals surface area (Å²) in [5.74, 6) is -46.6. The zero-order chi connectivity index (χ0) is 31.5. The molecule has 0 amide bonds. The van der Waals surface area contributed by atoms with Crippen molar-refractivity contribution < 1.29 is 112 Å². The van der Waals surface area contributed by atoms with Gasteiger partial charge in [0.2, 0.25) is 5.78 Å². The standard InChI is InChI=1S/C14HF21O4/c15-2-1(36)3(16)8(23,24)4(17,6(2,19)20)9(25,26)5(18,7(2,21)22)10(3,27)38-13(32,33)14(34,35)39-12(30,31)11(28,29)37/h37H. The molecule has 5 atom stereocenters. The predicted molar refractivity (Wildman–Crippen MR) is 68.2 cm³/mol. The number of halogens is 21. The lowest BCUT2D eigenvalue weighted by molar-refractivity contribution is -0.591.